The normalized spacial score (nSPS) is 24.3. The van der Waals surface area contributed by atoms with Crippen LogP contribution in [-0.2, 0) is 14.6 Å². The number of rotatable bonds is 4. The molecule has 0 aromatic heterocycles. The number of fused-ring (bicyclic) bond motifs is 1. The molecule has 6 nitrogen and oxygen atoms in total. The van der Waals surface area contributed by atoms with Crippen molar-refractivity contribution in [3.8, 4) is 5.75 Å². The van der Waals surface area contributed by atoms with E-state index in [1.165, 1.54) is 11.8 Å². The van der Waals surface area contributed by atoms with E-state index in [-0.39, 0.29) is 29.4 Å². The van der Waals surface area contributed by atoms with Crippen molar-refractivity contribution in [1.82, 2.24) is 0 Å². The van der Waals surface area contributed by atoms with Crippen LogP contribution < -0.4 is 9.64 Å². The lowest BCUT2D eigenvalue weighted by Crippen LogP contribution is -2.37. The van der Waals surface area contributed by atoms with Crippen LogP contribution in [0.1, 0.15) is 0 Å². The van der Waals surface area contributed by atoms with Gasteiger partial charge < -0.3 is 9.64 Å². The molecule has 0 aliphatic carbocycles. The van der Waals surface area contributed by atoms with E-state index in [2.05, 4.69) is 4.99 Å². The quantitative estimate of drug-likeness (QED) is 0.733. The first-order valence-electron chi connectivity index (χ1n) is 8.62. The zero-order valence-corrected chi connectivity index (χ0v) is 17.1. The Kier molecular flexibility index (Phi) is 5.35. The summed E-state index contributed by atoms with van der Waals surface area (Å²) in [6.45, 7) is -0.184. The minimum absolute atomic E-state index is 0.0427. The first kappa shape index (κ1) is 19.3. The van der Waals surface area contributed by atoms with E-state index in [4.69, 9.17) is 16.3 Å². The van der Waals surface area contributed by atoms with Gasteiger partial charge in [-0.15, -0.1) is 0 Å². The Morgan fingerprint density at radius 3 is 2.57 bits per heavy atom. The second-order valence-electron chi connectivity index (χ2n) is 6.54. The molecule has 146 valence electrons. The Hall–Kier alpha value is -2.03. The number of ether oxygens (including phenoxy) is 1. The maximum Gasteiger partial charge on any atom is 0.285 e. The van der Waals surface area contributed by atoms with E-state index in [1.807, 2.05) is 23.1 Å². The summed E-state index contributed by atoms with van der Waals surface area (Å²) < 4.78 is 29.6. The van der Waals surface area contributed by atoms with Gasteiger partial charge in [0.25, 0.3) is 5.91 Å². The number of amides is 1. The SMILES string of the molecule is O=C(COc1ccccc1)N=C1S[C@H]2CS(=O)(=O)C[C@@H]2N1c1ccc(Cl)cc1. The monoisotopic (exact) mass is 436 g/mol. The molecule has 2 atom stereocenters. The van der Waals surface area contributed by atoms with E-state index in [0.717, 1.165) is 5.69 Å². The zero-order valence-electron chi connectivity index (χ0n) is 14.7. The van der Waals surface area contributed by atoms with E-state index in [0.29, 0.717) is 15.9 Å². The van der Waals surface area contributed by atoms with Crippen LogP contribution in [0, 0.1) is 0 Å². The number of anilines is 1. The smallest absolute Gasteiger partial charge is 0.285 e. The molecule has 2 fully saturated rings. The van der Waals surface area contributed by atoms with Gasteiger partial charge in [0.15, 0.2) is 21.6 Å². The first-order chi connectivity index (χ1) is 13.4. The average Bonchev–Trinajstić information content (AvgIpc) is 3.12. The molecular weight excluding hydrogens is 420 g/mol. The number of nitrogens with zero attached hydrogens (tertiary/aromatic N) is 2. The molecule has 9 heteroatoms. The molecule has 2 saturated heterocycles. The summed E-state index contributed by atoms with van der Waals surface area (Å²) in [5.41, 5.74) is 0.761. The van der Waals surface area contributed by atoms with Crippen molar-refractivity contribution in [2.24, 2.45) is 4.99 Å². The molecule has 0 bridgehead atoms. The van der Waals surface area contributed by atoms with Crippen molar-refractivity contribution < 1.29 is 17.9 Å². The highest BCUT2D eigenvalue weighted by Gasteiger charge is 2.49. The first-order valence-corrected chi connectivity index (χ1v) is 11.7. The van der Waals surface area contributed by atoms with Crippen LogP contribution in [0.15, 0.2) is 59.6 Å². The highest BCUT2D eigenvalue weighted by molar-refractivity contribution is 8.16. The minimum Gasteiger partial charge on any atom is -0.484 e. The van der Waals surface area contributed by atoms with Gasteiger partial charge in [-0.05, 0) is 36.4 Å². The van der Waals surface area contributed by atoms with Gasteiger partial charge in [-0.2, -0.15) is 4.99 Å². The summed E-state index contributed by atoms with van der Waals surface area (Å²) in [4.78, 5) is 18.4. The second kappa shape index (κ2) is 7.77. The van der Waals surface area contributed by atoms with Crippen LogP contribution in [0.5, 0.6) is 5.75 Å². The van der Waals surface area contributed by atoms with E-state index in [1.54, 1.807) is 36.4 Å². The summed E-state index contributed by atoms with van der Waals surface area (Å²) >= 11 is 7.30. The Balaban J connectivity index is 1.56. The van der Waals surface area contributed by atoms with Gasteiger partial charge >= 0.3 is 0 Å². The molecule has 2 heterocycles. The minimum atomic E-state index is -3.11. The standard InChI is InChI=1S/C19H17ClN2O4S2/c20-13-6-8-14(9-7-13)22-16-11-28(24,25)12-17(16)27-19(22)21-18(23)10-26-15-4-2-1-3-5-15/h1-9,16-17H,10-12H2/t16-,17-/m0/s1. The molecule has 2 aromatic carbocycles. The zero-order chi connectivity index (χ0) is 19.7. The van der Waals surface area contributed by atoms with Gasteiger partial charge in [0.2, 0.25) is 0 Å². The van der Waals surface area contributed by atoms with E-state index >= 15 is 0 Å². The number of carbonyl (C=O) groups is 1. The molecule has 2 aromatic rings. The van der Waals surface area contributed by atoms with Gasteiger partial charge in [0.05, 0.1) is 17.5 Å². The topological polar surface area (TPSA) is 76.0 Å². The number of benzene rings is 2. The fraction of sp³-hybridized carbons (Fsp3) is 0.263. The number of para-hydroxylation sites is 1. The van der Waals surface area contributed by atoms with Crippen molar-refractivity contribution in [3.63, 3.8) is 0 Å². The third-order valence-corrected chi connectivity index (χ3v) is 7.96. The highest BCUT2D eigenvalue weighted by atomic mass is 35.5. The molecule has 2 aliphatic rings. The molecule has 0 N–H and O–H groups in total. The lowest BCUT2D eigenvalue weighted by atomic mass is 10.2. The molecule has 4 rings (SSSR count). The maximum absolute atomic E-state index is 12.4. The van der Waals surface area contributed by atoms with Crippen LogP contribution in [0.3, 0.4) is 0 Å². The average molecular weight is 437 g/mol. The molecule has 0 spiro atoms. The Labute approximate surface area is 172 Å². The fourth-order valence-corrected chi connectivity index (χ4v) is 7.33. The Bertz CT molecular complexity index is 1010. The predicted molar refractivity (Wildman–Crippen MR) is 112 cm³/mol. The van der Waals surface area contributed by atoms with E-state index < -0.39 is 15.7 Å². The van der Waals surface area contributed by atoms with Crippen LogP contribution in [0.4, 0.5) is 5.69 Å². The summed E-state index contributed by atoms with van der Waals surface area (Å²) in [7, 11) is -3.11. The van der Waals surface area contributed by atoms with Crippen molar-refractivity contribution >= 4 is 50.0 Å². The molecule has 2 aliphatic heterocycles. The lowest BCUT2D eigenvalue weighted by molar-refractivity contribution is -0.119. The molecule has 0 saturated carbocycles. The summed E-state index contributed by atoms with van der Waals surface area (Å²) in [6.07, 6.45) is 0. The summed E-state index contributed by atoms with van der Waals surface area (Å²) in [5.74, 6) is 0.294. The van der Waals surface area contributed by atoms with Gasteiger partial charge in [0.1, 0.15) is 5.75 Å². The number of carbonyl (C=O) groups excluding carboxylic acids is 1. The van der Waals surface area contributed by atoms with Crippen molar-refractivity contribution in [2.75, 3.05) is 23.0 Å². The Morgan fingerprint density at radius 2 is 1.86 bits per heavy atom. The molecule has 0 unspecified atom stereocenters. The fourth-order valence-electron chi connectivity index (χ4n) is 3.27. The van der Waals surface area contributed by atoms with Gasteiger partial charge in [-0.3, -0.25) is 4.79 Å². The third-order valence-electron chi connectivity index (χ3n) is 4.50. The lowest BCUT2D eigenvalue weighted by Gasteiger charge is -2.24. The highest BCUT2D eigenvalue weighted by Crippen LogP contribution is 2.41. The van der Waals surface area contributed by atoms with E-state index in [9.17, 15) is 13.2 Å². The number of halogens is 1. The number of hydrogen-bond donors (Lipinski definition) is 0. The maximum atomic E-state index is 12.4. The van der Waals surface area contributed by atoms with Gasteiger partial charge in [0, 0.05) is 16.0 Å². The van der Waals surface area contributed by atoms with Crippen LogP contribution in [0.2, 0.25) is 5.02 Å². The van der Waals surface area contributed by atoms with Crippen LogP contribution in [0.25, 0.3) is 0 Å². The number of hydrogen-bond acceptors (Lipinski definition) is 5. The van der Waals surface area contributed by atoms with Crippen molar-refractivity contribution in [2.45, 2.75) is 11.3 Å². The molecule has 0 radical (unpaired) electrons. The van der Waals surface area contributed by atoms with Gasteiger partial charge in [-0.25, -0.2) is 8.42 Å². The Morgan fingerprint density at radius 1 is 1.14 bits per heavy atom. The summed E-state index contributed by atoms with van der Waals surface area (Å²) in [5, 5.41) is 0.924. The van der Waals surface area contributed by atoms with Crippen LogP contribution in [-0.4, -0.2) is 48.9 Å². The number of sulfone groups is 1. The van der Waals surface area contributed by atoms with Crippen molar-refractivity contribution in [1.29, 1.82) is 0 Å². The number of aliphatic imine (C=N–C) groups is 1. The molecule has 1 amide bonds. The third kappa shape index (κ3) is 4.19. The molecule has 28 heavy (non-hydrogen) atoms. The van der Waals surface area contributed by atoms with Crippen molar-refractivity contribution in [3.05, 3.63) is 59.6 Å². The second-order valence-corrected chi connectivity index (χ2v) is 10.3. The largest absolute Gasteiger partial charge is 0.484 e. The molecular formula is C19H17ClN2O4S2. The van der Waals surface area contributed by atoms with Crippen LogP contribution >= 0.6 is 23.4 Å². The number of amidine groups is 1. The predicted octanol–water partition coefficient (Wildman–Crippen LogP) is 3.02. The van der Waals surface area contributed by atoms with Gasteiger partial charge in [-0.1, -0.05) is 41.6 Å². The summed E-state index contributed by atoms with van der Waals surface area (Å²) in [6, 6.07) is 15.9. The number of thioether (sulfide) groups is 1.